The molecule has 1 atom stereocenters. The van der Waals surface area contributed by atoms with Crippen LogP contribution in [-0.4, -0.2) is 32.6 Å². The molecule has 3 heterocycles. The molecule has 0 spiro atoms. The molecule has 0 aliphatic carbocycles. The summed E-state index contributed by atoms with van der Waals surface area (Å²) in [6.07, 6.45) is 5.41. The number of rotatable bonds is 3. The first kappa shape index (κ1) is 16.2. The Morgan fingerprint density at radius 3 is 3.05 bits per heavy atom. The van der Waals surface area contributed by atoms with Gasteiger partial charge in [-0.15, -0.1) is 12.4 Å². The molecule has 3 rings (SSSR count). The van der Waals surface area contributed by atoms with E-state index in [1.807, 2.05) is 12.1 Å². The first-order chi connectivity index (χ1) is 9.74. The Kier molecular flexibility index (Phi) is 5.56. The van der Waals surface area contributed by atoms with Crippen molar-refractivity contribution in [3.05, 3.63) is 29.4 Å². The zero-order chi connectivity index (χ0) is 13.9. The number of aromatic nitrogens is 3. The van der Waals surface area contributed by atoms with E-state index in [4.69, 9.17) is 16.1 Å². The van der Waals surface area contributed by atoms with Gasteiger partial charge in [-0.25, -0.2) is 4.98 Å². The van der Waals surface area contributed by atoms with Crippen LogP contribution in [0.15, 0.2) is 22.9 Å². The molecule has 0 aromatic carbocycles. The highest BCUT2D eigenvalue weighted by molar-refractivity contribution is 6.31. The van der Waals surface area contributed by atoms with Gasteiger partial charge in [0.05, 0.1) is 12.1 Å². The van der Waals surface area contributed by atoms with Crippen LogP contribution in [0.4, 0.5) is 0 Å². The lowest BCUT2D eigenvalue weighted by molar-refractivity contribution is 0.135. The van der Waals surface area contributed by atoms with E-state index in [1.54, 1.807) is 6.20 Å². The summed E-state index contributed by atoms with van der Waals surface area (Å²) in [6.45, 7) is 4.03. The van der Waals surface area contributed by atoms with Crippen molar-refractivity contribution >= 4 is 24.0 Å². The van der Waals surface area contributed by atoms with Gasteiger partial charge >= 0.3 is 0 Å². The van der Waals surface area contributed by atoms with Crippen LogP contribution in [0.1, 0.15) is 32.1 Å². The molecule has 1 unspecified atom stereocenters. The standard InChI is InChI=1S/C14H17ClN4O.ClH/c1-10-5-2-3-8-19(10)9-12-17-14(18-20-12)11-6-4-7-16-13(11)15;/h4,6-7,10H,2-3,5,8-9H2,1H3;1H. The van der Waals surface area contributed by atoms with Crippen LogP contribution in [0, 0.1) is 0 Å². The average Bonchev–Trinajstić information content (AvgIpc) is 2.90. The third-order valence-corrected chi connectivity index (χ3v) is 4.05. The Hall–Kier alpha value is -1.17. The smallest absolute Gasteiger partial charge is 0.241 e. The number of likely N-dealkylation sites (tertiary alicyclic amines) is 1. The molecule has 0 saturated carbocycles. The summed E-state index contributed by atoms with van der Waals surface area (Å²) < 4.78 is 5.34. The quantitative estimate of drug-likeness (QED) is 0.806. The van der Waals surface area contributed by atoms with E-state index < -0.39 is 0 Å². The Morgan fingerprint density at radius 1 is 1.43 bits per heavy atom. The van der Waals surface area contributed by atoms with Crippen molar-refractivity contribution in [2.24, 2.45) is 0 Å². The second-order valence-electron chi connectivity index (χ2n) is 5.17. The summed E-state index contributed by atoms with van der Waals surface area (Å²) in [5.74, 6) is 1.14. The van der Waals surface area contributed by atoms with Crippen molar-refractivity contribution in [1.29, 1.82) is 0 Å². The molecule has 1 saturated heterocycles. The molecule has 1 aliphatic heterocycles. The zero-order valence-electron chi connectivity index (χ0n) is 11.8. The number of hydrogen-bond acceptors (Lipinski definition) is 5. The van der Waals surface area contributed by atoms with Crippen molar-refractivity contribution < 1.29 is 4.52 Å². The van der Waals surface area contributed by atoms with Crippen LogP contribution in [0.5, 0.6) is 0 Å². The molecule has 0 radical (unpaired) electrons. The van der Waals surface area contributed by atoms with Gasteiger partial charge in [-0.2, -0.15) is 4.98 Å². The Morgan fingerprint density at radius 2 is 2.29 bits per heavy atom. The topological polar surface area (TPSA) is 55.1 Å². The fourth-order valence-electron chi connectivity index (χ4n) is 2.55. The van der Waals surface area contributed by atoms with E-state index in [0.717, 1.165) is 6.54 Å². The summed E-state index contributed by atoms with van der Waals surface area (Å²) in [5, 5.41) is 4.40. The van der Waals surface area contributed by atoms with E-state index in [2.05, 4.69) is 26.9 Å². The normalized spacial score (nSPS) is 19.2. The van der Waals surface area contributed by atoms with Gasteiger partial charge < -0.3 is 4.52 Å². The molecule has 2 aromatic rings. The molecule has 2 aromatic heterocycles. The first-order valence-corrected chi connectivity index (χ1v) is 7.29. The van der Waals surface area contributed by atoms with Gasteiger partial charge in [0, 0.05) is 12.2 Å². The van der Waals surface area contributed by atoms with Gasteiger partial charge in [0.25, 0.3) is 0 Å². The second-order valence-corrected chi connectivity index (χ2v) is 5.53. The minimum atomic E-state index is 0. The lowest BCUT2D eigenvalue weighted by atomic mass is 10.0. The van der Waals surface area contributed by atoms with Crippen molar-refractivity contribution in [2.75, 3.05) is 6.54 Å². The predicted octanol–water partition coefficient (Wildman–Crippen LogP) is 3.58. The molecule has 7 heteroatoms. The minimum Gasteiger partial charge on any atom is -0.338 e. The van der Waals surface area contributed by atoms with Crippen LogP contribution in [-0.2, 0) is 6.54 Å². The first-order valence-electron chi connectivity index (χ1n) is 6.91. The summed E-state index contributed by atoms with van der Waals surface area (Å²) in [6, 6.07) is 4.22. The fraction of sp³-hybridized carbons (Fsp3) is 0.500. The summed E-state index contributed by atoms with van der Waals surface area (Å²) in [4.78, 5) is 10.8. The lowest BCUT2D eigenvalue weighted by Crippen LogP contribution is -2.36. The molecule has 0 amide bonds. The molecule has 21 heavy (non-hydrogen) atoms. The molecule has 5 nitrogen and oxygen atoms in total. The number of piperidine rings is 1. The number of pyridine rings is 1. The Bertz CT molecular complexity index is 590. The highest BCUT2D eigenvalue weighted by Gasteiger charge is 2.21. The highest BCUT2D eigenvalue weighted by Crippen LogP contribution is 2.24. The largest absolute Gasteiger partial charge is 0.338 e. The van der Waals surface area contributed by atoms with Crippen molar-refractivity contribution in [3.63, 3.8) is 0 Å². The van der Waals surface area contributed by atoms with Crippen LogP contribution in [0.25, 0.3) is 11.4 Å². The van der Waals surface area contributed by atoms with E-state index in [9.17, 15) is 0 Å². The Balaban J connectivity index is 0.00000161. The van der Waals surface area contributed by atoms with Crippen LogP contribution in [0.2, 0.25) is 5.15 Å². The second kappa shape index (κ2) is 7.20. The number of halogens is 2. The summed E-state index contributed by atoms with van der Waals surface area (Å²) in [5.41, 5.74) is 0.704. The number of nitrogens with zero attached hydrogens (tertiary/aromatic N) is 4. The molecule has 1 aliphatic rings. The summed E-state index contributed by atoms with van der Waals surface area (Å²) >= 11 is 6.04. The van der Waals surface area contributed by atoms with Gasteiger partial charge in [-0.05, 0) is 38.4 Å². The third-order valence-electron chi connectivity index (χ3n) is 3.75. The molecule has 114 valence electrons. The fourth-order valence-corrected chi connectivity index (χ4v) is 2.75. The Labute approximate surface area is 135 Å². The van der Waals surface area contributed by atoms with Crippen molar-refractivity contribution in [1.82, 2.24) is 20.0 Å². The predicted molar refractivity (Wildman–Crippen MR) is 83.5 cm³/mol. The van der Waals surface area contributed by atoms with E-state index in [1.165, 1.54) is 19.3 Å². The third kappa shape index (κ3) is 3.73. The highest BCUT2D eigenvalue weighted by atomic mass is 35.5. The summed E-state index contributed by atoms with van der Waals surface area (Å²) in [7, 11) is 0. The van der Waals surface area contributed by atoms with Crippen LogP contribution in [0.3, 0.4) is 0 Å². The molecule has 1 fully saturated rings. The van der Waals surface area contributed by atoms with E-state index in [0.29, 0.717) is 35.0 Å². The van der Waals surface area contributed by atoms with E-state index in [-0.39, 0.29) is 12.4 Å². The van der Waals surface area contributed by atoms with Crippen molar-refractivity contribution in [2.45, 2.75) is 38.8 Å². The molecule has 0 bridgehead atoms. The minimum absolute atomic E-state index is 0. The van der Waals surface area contributed by atoms with Crippen molar-refractivity contribution in [3.8, 4) is 11.4 Å². The average molecular weight is 329 g/mol. The van der Waals surface area contributed by atoms with Gasteiger partial charge in [0.1, 0.15) is 5.15 Å². The lowest BCUT2D eigenvalue weighted by Gasteiger charge is -2.31. The van der Waals surface area contributed by atoms with Crippen LogP contribution >= 0.6 is 24.0 Å². The molecule has 0 N–H and O–H groups in total. The maximum Gasteiger partial charge on any atom is 0.241 e. The van der Waals surface area contributed by atoms with Gasteiger partial charge in [-0.1, -0.05) is 23.2 Å². The molecular formula is C14H18Cl2N4O. The van der Waals surface area contributed by atoms with Gasteiger partial charge in [0.15, 0.2) is 0 Å². The van der Waals surface area contributed by atoms with E-state index >= 15 is 0 Å². The van der Waals surface area contributed by atoms with Gasteiger partial charge in [-0.3, -0.25) is 4.90 Å². The number of hydrogen-bond donors (Lipinski definition) is 0. The maximum atomic E-state index is 6.04. The maximum absolute atomic E-state index is 6.04. The monoisotopic (exact) mass is 328 g/mol. The van der Waals surface area contributed by atoms with Gasteiger partial charge in [0.2, 0.25) is 11.7 Å². The zero-order valence-corrected chi connectivity index (χ0v) is 13.4. The SMILES string of the molecule is CC1CCCCN1Cc1nc(-c2cccnc2Cl)no1.Cl. The van der Waals surface area contributed by atoms with Crippen LogP contribution < -0.4 is 0 Å². The molecular weight excluding hydrogens is 311 g/mol.